The van der Waals surface area contributed by atoms with E-state index in [2.05, 4.69) is 20.3 Å². The van der Waals surface area contributed by atoms with Crippen LogP contribution in [0, 0.1) is 0 Å². The summed E-state index contributed by atoms with van der Waals surface area (Å²) in [5, 5.41) is 31.8. The Hall–Kier alpha value is -1.74. The smallest absolute Gasteiger partial charge is 0.275 e. The topological polar surface area (TPSA) is 134 Å². The van der Waals surface area contributed by atoms with Gasteiger partial charge in [0.1, 0.15) is 17.1 Å². The minimum absolute atomic E-state index is 0.287. The second kappa shape index (κ2) is 4.42. The standard InChI is InChI=1S/C11H14N4O4/c16-2-5-9(17)10(18)7(15-5)4-1-12-8-6(4)13-3-14-11(8)19/h1,3,5,7,9-10,12,15-18H,2H2,(H,13,14,19)/t5-,7+,9-,10-/m1/s1. The summed E-state index contributed by atoms with van der Waals surface area (Å²) in [7, 11) is 0. The Balaban J connectivity index is 2.06. The number of hydrogen-bond acceptors (Lipinski definition) is 6. The van der Waals surface area contributed by atoms with Crippen molar-refractivity contribution in [2.45, 2.75) is 24.3 Å². The van der Waals surface area contributed by atoms with E-state index in [1.54, 1.807) is 6.20 Å². The molecule has 102 valence electrons. The van der Waals surface area contributed by atoms with E-state index in [0.29, 0.717) is 16.6 Å². The van der Waals surface area contributed by atoms with Gasteiger partial charge >= 0.3 is 0 Å². The lowest BCUT2D eigenvalue weighted by Crippen LogP contribution is -2.35. The molecular weight excluding hydrogens is 252 g/mol. The molecule has 1 fully saturated rings. The molecule has 8 nitrogen and oxygen atoms in total. The number of aromatic amines is 2. The lowest BCUT2D eigenvalue weighted by molar-refractivity contribution is 0.0196. The highest BCUT2D eigenvalue weighted by atomic mass is 16.3. The average molecular weight is 266 g/mol. The van der Waals surface area contributed by atoms with Crippen LogP contribution in [-0.2, 0) is 0 Å². The molecule has 0 radical (unpaired) electrons. The van der Waals surface area contributed by atoms with E-state index in [0.717, 1.165) is 0 Å². The molecule has 0 spiro atoms. The molecule has 8 heteroatoms. The first-order chi connectivity index (χ1) is 9.13. The monoisotopic (exact) mass is 266 g/mol. The maximum Gasteiger partial charge on any atom is 0.275 e. The zero-order valence-corrected chi connectivity index (χ0v) is 9.87. The van der Waals surface area contributed by atoms with Crippen molar-refractivity contribution >= 4 is 11.0 Å². The number of hydrogen-bond donors (Lipinski definition) is 6. The first-order valence-corrected chi connectivity index (χ1v) is 5.91. The van der Waals surface area contributed by atoms with Crippen molar-refractivity contribution in [3.63, 3.8) is 0 Å². The molecule has 1 saturated heterocycles. The SMILES string of the molecule is O=c1[nH]cnc2c([C@@H]3N[C@H](CO)[C@@H](O)[C@@H]3O)c[nH]c12. The molecule has 2 aromatic rings. The number of rotatable bonds is 2. The van der Waals surface area contributed by atoms with Crippen LogP contribution in [0.25, 0.3) is 11.0 Å². The number of nitrogens with one attached hydrogen (secondary N) is 3. The molecule has 0 amide bonds. The van der Waals surface area contributed by atoms with Gasteiger partial charge in [-0.05, 0) is 0 Å². The molecule has 0 bridgehead atoms. The number of H-pyrrole nitrogens is 2. The van der Waals surface area contributed by atoms with Gasteiger partial charge in [0.05, 0.1) is 31.1 Å². The first-order valence-electron chi connectivity index (χ1n) is 5.91. The van der Waals surface area contributed by atoms with Crippen molar-refractivity contribution in [2.24, 2.45) is 0 Å². The Morgan fingerprint density at radius 3 is 2.74 bits per heavy atom. The van der Waals surface area contributed by atoms with Gasteiger partial charge in [0, 0.05) is 11.8 Å². The molecule has 4 atom stereocenters. The number of nitrogens with zero attached hydrogens (tertiary/aromatic N) is 1. The molecule has 1 aliphatic heterocycles. The molecule has 3 rings (SSSR count). The highest BCUT2D eigenvalue weighted by molar-refractivity contribution is 5.78. The average Bonchev–Trinajstić information content (AvgIpc) is 2.94. The van der Waals surface area contributed by atoms with Crippen LogP contribution in [0.1, 0.15) is 11.6 Å². The largest absolute Gasteiger partial charge is 0.395 e. The Kier molecular flexibility index (Phi) is 2.86. The van der Waals surface area contributed by atoms with Crippen LogP contribution in [0.2, 0.25) is 0 Å². The molecule has 2 aromatic heterocycles. The van der Waals surface area contributed by atoms with Gasteiger partial charge in [0.2, 0.25) is 0 Å². The summed E-state index contributed by atoms with van der Waals surface area (Å²) in [4.78, 5) is 20.9. The maximum atomic E-state index is 11.6. The van der Waals surface area contributed by atoms with Gasteiger partial charge in [-0.3, -0.25) is 4.79 Å². The summed E-state index contributed by atoms with van der Waals surface area (Å²) in [6.07, 6.45) is 0.711. The molecule has 19 heavy (non-hydrogen) atoms. The summed E-state index contributed by atoms with van der Waals surface area (Å²) < 4.78 is 0. The summed E-state index contributed by atoms with van der Waals surface area (Å²) in [6.45, 7) is -0.287. The van der Waals surface area contributed by atoms with Crippen LogP contribution in [0.4, 0.5) is 0 Å². The second-order valence-corrected chi connectivity index (χ2v) is 4.61. The molecule has 0 aliphatic carbocycles. The van der Waals surface area contributed by atoms with Gasteiger partial charge in [-0.1, -0.05) is 0 Å². The Bertz CT molecular complexity index is 651. The Morgan fingerprint density at radius 1 is 1.26 bits per heavy atom. The normalized spacial score (nSPS) is 31.1. The second-order valence-electron chi connectivity index (χ2n) is 4.61. The van der Waals surface area contributed by atoms with Crippen LogP contribution >= 0.6 is 0 Å². The van der Waals surface area contributed by atoms with E-state index in [-0.39, 0.29) is 12.2 Å². The highest BCUT2D eigenvalue weighted by Gasteiger charge is 2.42. The predicted octanol–water partition coefficient (Wildman–Crippen LogP) is -2.02. The lowest BCUT2D eigenvalue weighted by atomic mass is 10.0. The predicted molar refractivity (Wildman–Crippen MR) is 65.5 cm³/mol. The number of aliphatic hydroxyl groups excluding tert-OH is 3. The van der Waals surface area contributed by atoms with Gasteiger partial charge in [0.15, 0.2) is 0 Å². The molecule has 0 saturated carbocycles. The number of fused-ring (bicyclic) bond motifs is 1. The van der Waals surface area contributed by atoms with E-state index in [1.807, 2.05) is 0 Å². The Morgan fingerprint density at radius 2 is 2.05 bits per heavy atom. The van der Waals surface area contributed by atoms with Crippen molar-refractivity contribution in [3.8, 4) is 0 Å². The Labute approximate surface area is 107 Å². The minimum Gasteiger partial charge on any atom is -0.395 e. The summed E-state index contributed by atoms with van der Waals surface area (Å²) >= 11 is 0. The van der Waals surface area contributed by atoms with Gasteiger partial charge < -0.3 is 30.6 Å². The zero-order chi connectivity index (χ0) is 13.6. The highest BCUT2D eigenvalue weighted by Crippen LogP contribution is 2.30. The van der Waals surface area contributed by atoms with E-state index < -0.39 is 24.3 Å². The van der Waals surface area contributed by atoms with E-state index in [4.69, 9.17) is 5.11 Å². The van der Waals surface area contributed by atoms with Crippen molar-refractivity contribution in [3.05, 3.63) is 28.4 Å². The van der Waals surface area contributed by atoms with E-state index >= 15 is 0 Å². The van der Waals surface area contributed by atoms with Crippen LogP contribution in [0.5, 0.6) is 0 Å². The molecule has 6 N–H and O–H groups in total. The fraction of sp³-hybridized carbons (Fsp3) is 0.455. The van der Waals surface area contributed by atoms with Crippen molar-refractivity contribution in [1.29, 1.82) is 0 Å². The quantitative estimate of drug-likeness (QED) is 0.371. The van der Waals surface area contributed by atoms with Crippen LogP contribution in [-0.4, -0.2) is 55.1 Å². The first kappa shape index (κ1) is 12.3. The molecule has 0 aromatic carbocycles. The maximum absolute atomic E-state index is 11.6. The third kappa shape index (κ3) is 1.77. The van der Waals surface area contributed by atoms with Gasteiger partial charge in [-0.2, -0.15) is 0 Å². The fourth-order valence-corrected chi connectivity index (χ4v) is 2.51. The van der Waals surface area contributed by atoms with Crippen molar-refractivity contribution in [1.82, 2.24) is 20.3 Å². The zero-order valence-electron chi connectivity index (χ0n) is 9.87. The molecule has 1 aliphatic rings. The summed E-state index contributed by atoms with van der Waals surface area (Å²) in [5.41, 5.74) is 1.03. The van der Waals surface area contributed by atoms with Crippen molar-refractivity contribution < 1.29 is 15.3 Å². The lowest BCUT2D eigenvalue weighted by Gasteiger charge is -2.14. The third-order valence-corrected chi connectivity index (χ3v) is 3.53. The number of aromatic nitrogens is 3. The molecular formula is C11H14N4O4. The van der Waals surface area contributed by atoms with Crippen LogP contribution < -0.4 is 10.9 Å². The van der Waals surface area contributed by atoms with Gasteiger partial charge in [-0.15, -0.1) is 0 Å². The fourth-order valence-electron chi connectivity index (χ4n) is 2.51. The van der Waals surface area contributed by atoms with Crippen LogP contribution in [0.15, 0.2) is 17.3 Å². The van der Waals surface area contributed by atoms with Crippen LogP contribution in [0.3, 0.4) is 0 Å². The minimum atomic E-state index is -1.07. The summed E-state index contributed by atoms with van der Waals surface area (Å²) in [5.74, 6) is 0. The molecule has 0 unspecified atom stereocenters. The van der Waals surface area contributed by atoms with E-state index in [1.165, 1.54) is 6.33 Å². The third-order valence-electron chi connectivity index (χ3n) is 3.53. The van der Waals surface area contributed by atoms with Crippen molar-refractivity contribution in [2.75, 3.05) is 6.61 Å². The molecule has 3 heterocycles. The van der Waals surface area contributed by atoms with Gasteiger partial charge in [-0.25, -0.2) is 4.98 Å². The summed E-state index contributed by atoms with van der Waals surface area (Å²) in [6, 6.07) is -1.19. The van der Waals surface area contributed by atoms with E-state index in [9.17, 15) is 15.0 Å². The number of aliphatic hydroxyl groups is 3. The van der Waals surface area contributed by atoms with Gasteiger partial charge in [0.25, 0.3) is 5.56 Å².